The second kappa shape index (κ2) is 6.05. The van der Waals surface area contributed by atoms with E-state index in [0.29, 0.717) is 11.3 Å². The fraction of sp³-hybridized carbons (Fsp3) is 0.0625. The van der Waals surface area contributed by atoms with Crippen LogP contribution in [0.5, 0.6) is 11.5 Å². The third-order valence-electron chi connectivity index (χ3n) is 3.22. The van der Waals surface area contributed by atoms with E-state index >= 15 is 0 Å². The number of non-ortho nitro benzene ring substituents is 1. The van der Waals surface area contributed by atoms with E-state index in [-0.39, 0.29) is 11.4 Å². The predicted octanol–water partition coefficient (Wildman–Crippen LogP) is 4.09. The van der Waals surface area contributed by atoms with Crippen LogP contribution in [-0.2, 0) is 0 Å². The first-order chi connectivity index (χ1) is 11.1. The van der Waals surface area contributed by atoms with Gasteiger partial charge in [-0.3, -0.25) is 10.1 Å². The minimum Gasteiger partial charge on any atom is -0.504 e. The van der Waals surface area contributed by atoms with Gasteiger partial charge in [-0.2, -0.15) is 0 Å². The minimum atomic E-state index is -0.436. The summed E-state index contributed by atoms with van der Waals surface area (Å²) in [5, 5.41) is 21.3. The van der Waals surface area contributed by atoms with Gasteiger partial charge in [0, 0.05) is 12.1 Å². The number of hydrogen-bond donors (Lipinski definition) is 1. The van der Waals surface area contributed by atoms with E-state index in [1.165, 1.54) is 30.6 Å². The van der Waals surface area contributed by atoms with E-state index in [0.717, 1.165) is 15.3 Å². The van der Waals surface area contributed by atoms with Crippen molar-refractivity contribution in [2.75, 3.05) is 7.11 Å². The summed E-state index contributed by atoms with van der Waals surface area (Å²) in [6, 6.07) is 9.71. The molecule has 0 spiro atoms. The molecule has 0 fully saturated rings. The van der Waals surface area contributed by atoms with Crippen molar-refractivity contribution in [2.45, 2.75) is 0 Å². The summed E-state index contributed by atoms with van der Waals surface area (Å²) >= 11 is 1.44. The van der Waals surface area contributed by atoms with Crippen LogP contribution in [0.15, 0.2) is 36.4 Å². The second-order valence-electron chi connectivity index (χ2n) is 4.73. The molecule has 0 unspecified atom stereocenters. The van der Waals surface area contributed by atoms with E-state index in [2.05, 4.69) is 4.98 Å². The molecule has 2 aromatic carbocycles. The normalized spacial score (nSPS) is 11.2. The first-order valence-electron chi connectivity index (χ1n) is 6.67. The van der Waals surface area contributed by atoms with Gasteiger partial charge in [-0.25, -0.2) is 4.98 Å². The van der Waals surface area contributed by atoms with Crippen molar-refractivity contribution in [3.05, 3.63) is 57.1 Å². The lowest BCUT2D eigenvalue weighted by molar-refractivity contribution is -0.384. The fourth-order valence-corrected chi connectivity index (χ4v) is 2.95. The zero-order valence-corrected chi connectivity index (χ0v) is 12.9. The van der Waals surface area contributed by atoms with E-state index < -0.39 is 4.92 Å². The highest BCUT2D eigenvalue weighted by Gasteiger charge is 2.09. The van der Waals surface area contributed by atoms with Gasteiger partial charge in [0.15, 0.2) is 11.5 Å². The Morgan fingerprint density at radius 1 is 1.26 bits per heavy atom. The third-order valence-corrected chi connectivity index (χ3v) is 4.22. The minimum absolute atomic E-state index is 0.0263. The molecule has 1 N–H and O–H groups in total. The fourth-order valence-electron chi connectivity index (χ4n) is 2.10. The number of fused-ring (bicyclic) bond motifs is 1. The molecule has 0 radical (unpaired) electrons. The maximum Gasteiger partial charge on any atom is 0.271 e. The number of nitrogens with zero attached hydrogens (tertiary/aromatic N) is 2. The Labute approximate surface area is 135 Å². The lowest BCUT2D eigenvalue weighted by atomic mass is 10.2. The van der Waals surface area contributed by atoms with Gasteiger partial charge in [0.05, 0.1) is 22.2 Å². The van der Waals surface area contributed by atoms with Gasteiger partial charge in [-0.1, -0.05) is 12.1 Å². The summed E-state index contributed by atoms with van der Waals surface area (Å²) in [5.74, 6) is 0.476. The third kappa shape index (κ3) is 3.14. The van der Waals surface area contributed by atoms with Crippen LogP contribution in [0.4, 0.5) is 5.69 Å². The van der Waals surface area contributed by atoms with Gasteiger partial charge in [0.1, 0.15) is 5.01 Å². The van der Waals surface area contributed by atoms with Gasteiger partial charge in [0.25, 0.3) is 5.69 Å². The zero-order chi connectivity index (χ0) is 16.4. The number of aromatic nitrogens is 1. The monoisotopic (exact) mass is 328 g/mol. The summed E-state index contributed by atoms with van der Waals surface area (Å²) in [6.07, 6.45) is 3.61. The van der Waals surface area contributed by atoms with Crippen LogP contribution in [-0.4, -0.2) is 22.1 Å². The van der Waals surface area contributed by atoms with Crippen molar-refractivity contribution in [2.24, 2.45) is 0 Å². The number of methoxy groups -OCH3 is 1. The van der Waals surface area contributed by atoms with Crippen LogP contribution < -0.4 is 4.74 Å². The molecule has 0 aliphatic rings. The molecule has 1 aromatic heterocycles. The number of phenolic OH excluding ortho intramolecular Hbond substituents is 1. The number of aromatic hydroxyl groups is 1. The zero-order valence-electron chi connectivity index (χ0n) is 12.1. The van der Waals surface area contributed by atoms with Crippen molar-refractivity contribution < 1.29 is 14.8 Å². The first kappa shape index (κ1) is 15.0. The van der Waals surface area contributed by atoms with Crippen molar-refractivity contribution in [3.8, 4) is 11.5 Å². The average Bonchev–Trinajstić information content (AvgIpc) is 2.95. The lowest BCUT2D eigenvalue weighted by Gasteiger charge is -2.02. The number of rotatable bonds is 4. The van der Waals surface area contributed by atoms with Gasteiger partial charge >= 0.3 is 0 Å². The quantitative estimate of drug-likeness (QED) is 0.576. The average molecular weight is 328 g/mol. The molecule has 23 heavy (non-hydrogen) atoms. The Kier molecular flexibility index (Phi) is 3.94. The lowest BCUT2D eigenvalue weighted by Crippen LogP contribution is -1.86. The molecular weight excluding hydrogens is 316 g/mol. The first-order valence-corrected chi connectivity index (χ1v) is 7.48. The number of nitro groups is 1. The molecule has 3 rings (SSSR count). The van der Waals surface area contributed by atoms with Crippen molar-refractivity contribution in [3.63, 3.8) is 0 Å². The van der Waals surface area contributed by atoms with Crippen LogP contribution >= 0.6 is 11.3 Å². The molecule has 0 atom stereocenters. The van der Waals surface area contributed by atoms with E-state index in [1.54, 1.807) is 24.3 Å². The van der Waals surface area contributed by atoms with E-state index in [1.807, 2.05) is 12.1 Å². The molecule has 0 bridgehead atoms. The number of ether oxygens (including phenoxy) is 1. The summed E-state index contributed by atoms with van der Waals surface area (Å²) in [5.41, 5.74) is 1.42. The number of phenols is 1. The Morgan fingerprint density at radius 3 is 2.78 bits per heavy atom. The maximum absolute atomic E-state index is 10.8. The highest BCUT2D eigenvalue weighted by Crippen LogP contribution is 2.29. The molecule has 0 amide bonds. The number of thiazole rings is 1. The Bertz CT molecular complexity index is 918. The summed E-state index contributed by atoms with van der Waals surface area (Å²) in [6.45, 7) is 0. The Balaban J connectivity index is 1.88. The topological polar surface area (TPSA) is 85.5 Å². The van der Waals surface area contributed by atoms with Gasteiger partial charge in [-0.15, -0.1) is 11.3 Å². The van der Waals surface area contributed by atoms with E-state index in [9.17, 15) is 15.2 Å². The smallest absolute Gasteiger partial charge is 0.271 e. The standard InChI is InChI=1S/C16H12N2O4S/c1-22-14-5-2-10(8-13(14)19)3-7-16-17-12-9-11(18(20)21)4-6-15(12)23-16/h2-9,19H,1H3. The van der Waals surface area contributed by atoms with Gasteiger partial charge in [-0.05, 0) is 29.8 Å². The second-order valence-corrected chi connectivity index (χ2v) is 5.79. The highest BCUT2D eigenvalue weighted by atomic mass is 32.1. The van der Waals surface area contributed by atoms with Crippen LogP contribution in [0.25, 0.3) is 22.4 Å². The SMILES string of the molecule is COc1ccc(C=Cc2nc3cc([N+](=O)[O-])ccc3s2)cc1O. The van der Waals surface area contributed by atoms with Gasteiger partial charge in [0.2, 0.25) is 0 Å². The van der Waals surface area contributed by atoms with E-state index in [4.69, 9.17) is 4.74 Å². The maximum atomic E-state index is 10.8. The van der Waals surface area contributed by atoms with Crippen molar-refractivity contribution in [1.29, 1.82) is 0 Å². The summed E-state index contributed by atoms with van der Waals surface area (Å²) < 4.78 is 5.88. The molecule has 0 saturated carbocycles. The highest BCUT2D eigenvalue weighted by molar-refractivity contribution is 7.19. The van der Waals surface area contributed by atoms with Gasteiger partial charge < -0.3 is 9.84 Å². The number of hydrogen-bond acceptors (Lipinski definition) is 6. The van der Waals surface area contributed by atoms with Crippen LogP contribution in [0.2, 0.25) is 0 Å². The predicted molar refractivity (Wildman–Crippen MR) is 89.9 cm³/mol. The molecule has 3 aromatic rings. The molecule has 116 valence electrons. The van der Waals surface area contributed by atoms with Crippen molar-refractivity contribution in [1.82, 2.24) is 4.98 Å². The molecule has 6 nitrogen and oxygen atoms in total. The van der Waals surface area contributed by atoms with Crippen molar-refractivity contribution >= 4 is 39.4 Å². The summed E-state index contributed by atoms with van der Waals surface area (Å²) in [7, 11) is 1.49. The van der Waals surface area contributed by atoms with Crippen LogP contribution in [0, 0.1) is 10.1 Å². The summed E-state index contributed by atoms with van der Waals surface area (Å²) in [4.78, 5) is 14.7. The molecule has 0 aliphatic carbocycles. The van der Waals surface area contributed by atoms with Crippen LogP contribution in [0.3, 0.4) is 0 Å². The molecule has 7 heteroatoms. The number of nitro benzene ring substituents is 1. The Hall–Kier alpha value is -2.93. The molecule has 1 heterocycles. The molecule has 0 saturated heterocycles. The van der Waals surface area contributed by atoms with Crippen LogP contribution in [0.1, 0.15) is 10.6 Å². The molecular formula is C16H12N2O4S. The molecule has 0 aliphatic heterocycles. The largest absolute Gasteiger partial charge is 0.504 e. The Morgan fingerprint density at radius 2 is 2.09 bits per heavy atom. The number of benzene rings is 2.